The van der Waals surface area contributed by atoms with Gasteiger partial charge in [-0.3, -0.25) is 9.71 Å². The van der Waals surface area contributed by atoms with Crippen LogP contribution in [0.5, 0.6) is 0 Å². The Morgan fingerprint density at radius 3 is 2.52 bits per heavy atom. The van der Waals surface area contributed by atoms with Gasteiger partial charge in [0.2, 0.25) is 0 Å². The molecule has 0 radical (unpaired) electrons. The molecule has 0 aliphatic heterocycles. The van der Waals surface area contributed by atoms with Crippen molar-refractivity contribution >= 4 is 27.3 Å². The molecule has 2 aromatic rings. The van der Waals surface area contributed by atoms with E-state index in [0.29, 0.717) is 11.4 Å². The molecule has 7 heteroatoms. The largest absolute Gasteiger partial charge is 0.278 e. The quantitative estimate of drug-likeness (QED) is 0.941. The van der Waals surface area contributed by atoms with Crippen LogP contribution in [0.4, 0.5) is 5.69 Å². The third-order valence-corrected chi connectivity index (χ3v) is 4.52. The molecular weight excluding hydrogens is 310 g/mol. The van der Waals surface area contributed by atoms with Crippen molar-refractivity contribution in [1.82, 2.24) is 4.98 Å². The normalized spacial score (nSPS) is 11.0. The molecule has 0 amide bonds. The molecule has 1 aromatic carbocycles. The monoisotopic (exact) mass is 321 g/mol. The highest BCUT2D eigenvalue weighted by molar-refractivity contribution is 7.92. The number of hydrogen-bond donors (Lipinski definition) is 1. The average Bonchev–Trinajstić information content (AvgIpc) is 2.42. The number of anilines is 1. The van der Waals surface area contributed by atoms with E-state index < -0.39 is 10.0 Å². The molecule has 1 heterocycles. The zero-order valence-electron chi connectivity index (χ0n) is 11.4. The first-order valence-corrected chi connectivity index (χ1v) is 7.86. The van der Waals surface area contributed by atoms with Crippen molar-refractivity contribution in [1.29, 1.82) is 5.26 Å². The minimum absolute atomic E-state index is 0.00789. The second-order valence-corrected chi connectivity index (χ2v) is 6.53. The minimum atomic E-state index is -3.78. The summed E-state index contributed by atoms with van der Waals surface area (Å²) in [5.74, 6) is 0. The lowest BCUT2D eigenvalue weighted by Gasteiger charge is -2.11. The average molecular weight is 322 g/mol. The molecule has 0 saturated carbocycles. The summed E-state index contributed by atoms with van der Waals surface area (Å²) in [6, 6.07) is 9.21. The maximum Gasteiger partial charge on any atom is 0.262 e. The molecule has 21 heavy (non-hydrogen) atoms. The third kappa shape index (κ3) is 3.32. The van der Waals surface area contributed by atoms with Crippen molar-refractivity contribution < 1.29 is 8.42 Å². The van der Waals surface area contributed by atoms with Gasteiger partial charge in [0.05, 0.1) is 26.9 Å². The van der Waals surface area contributed by atoms with E-state index in [0.717, 1.165) is 5.69 Å². The van der Waals surface area contributed by atoms with E-state index in [1.54, 1.807) is 19.1 Å². The van der Waals surface area contributed by atoms with Gasteiger partial charge in [-0.15, -0.1) is 0 Å². The lowest BCUT2D eigenvalue weighted by Crippen LogP contribution is -2.14. The summed E-state index contributed by atoms with van der Waals surface area (Å²) in [4.78, 5) is 4.19. The van der Waals surface area contributed by atoms with Crippen LogP contribution in [0, 0.1) is 25.2 Å². The number of pyridine rings is 1. The topological polar surface area (TPSA) is 82.9 Å². The standard InChI is InChI=1S/C14H12ClN3O2S/c1-9-3-6-14(10(2)17-9)18-21(19,20)12-5-4-11(8-16)13(15)7-12/h3-7,18H,1-2H3. The van der Waals surface area contributed by atoms with Crippen molar-refractivity contribution in [3.63, 3.8) is 0 Å². The fourth-order valence-electron chi connectivity index (χ4n) is 1.75. The van der Waals surface area contributed by atoms with Crippen LogP contribution in [-0.4, -0.2) is 13.4 Å². The molecule has 0 atom stereocenters. The van der Waals surface area contributed by atoms with Crippen LogP contribution >= 0.6 is 11.6 Å². The third-order valence-electron chi connectivity index (χ3n) is 2.84. The van der Waals surface area contributed by atoms with Crippen LogP contribution < -0.4 is 4.72 Å². The van der Waals surface area contributed by atoms with E-state index in [1.807, 2.05) is 13.0 Å². The van der Waals surface area contributed by atoms with Crippen molar-refractivity contribution in [2.75, 3.05) is 4.72 Å². The van der Waals surface area contributed by atoms with Gasteiger partial charge in [-0.1, -0.05) is 11.6 Å². The predicted octanol–water partition coefficient (Wildman–Crippen LogP) is 3.02. The van der Waals surface area contributed by atoms with Crippen LogP contribution in [0.1, 0.15) is 17.0 Å². The van der Waals surface area contributed by atoms with Crippen molar-refractivity contribution in [2.45, 2.75) is 18.7 Å². The highest BCUT2D eigenvalue weighted by Gasteiger charge is 2.17. The molecule has 1 N–H and O–H groups in total. The smallest absolute Gasteiger partial charge is 0.262 e. The second-order valence-electron chi connectivity index (χ2n) is 4.44. The first kappa shape index (κ1) is 15.3. The Morgan fingerprint density at radius 1 is 1.24 bits per heavy atom. The Morgan fingerprint density at radius 2 is 1.95 bits per heavy atom. The summed E-state index contributed by atoms with van der Waals surface area (Å²) in [7, 11) is -3.78. The number of aromatic nitrogens is 1. The lowest BCUT2D eigenvalue weighted by atomic mass is 10.2. The molecule has 5 nitrogen and oxygen atoms in total. The second kappa shape index (κ2) is 5.72. The number of halogens is 1. The van der Waals surface area contributed by atoms with Crippen LogP contribution in [0.15, 0.2) is 35.2 Å². The number of nitrogens with one attached hydrogen (secondary N) is 1. The molecule has 0 spiro atoms. The molecule has 2 rings (SSSR count). The molecule has 0 aliphatic rings. The lowest BCUT2D eigenvalue weighted by molar-refractivity contribution is 0.601. The summed E-state index contributed by atoms with van der Waals surface area (Å²) in [5.41, 5.74) is 2.01. The highest BCUT2D eigenvalue weighted by Crippen LogP contribution is 2.23. The van der Waals surface area contributed by atoms with Crippen LogP contribution in [0.25, 0.3) is 0 Å². The molecular formula is C14H12ClN3O2S. The maximum atomic E-state index is 12.3. The molecule has 0 fully saturated rings. The van der Waals surface area contributed by atoms with Crippen molar-refractivity contribution in [2.24, 2.45) is 0 Å². The van der Waals surface area contributed by atoms with Crippen LogP contribution in [-0.2, 0) is 10.0 Å². The molecule has 0 bridgehead atoms. The van der Waals surface area contributed by atoms with E-state index in [9.17, 15) is 8.42 Å². The number of rotatable bonds is 3. The number of nitrogens with zero attached hydrogens (tertiary/aromatic N) is 2. The molecule has 0 aliphatic carbocycles. The SMILES string of the molecule is Cc1ccc(NS(=O)(=O)c2ccc(C#N)c(Cl)c2)c(C)n1. The zero-order chi connectivity index (χ0) is 15.6. The van der Waals surface area contributed by atoms with Gasteiger partial charge in [0, 0.05) is 5.69 Å². The Bertz CT molecular complexity index is 842. The minimum Gasteiger partial charge on any atom is -0.278 e. The number of sulfonamides is 1. The van der Waals surface area contributed by atoms with E-state index in [4.69, 9.17) is 16.9 Å². The maximum absolute atomic E-state index is 12.3. The summed E-state index contributed by atoms with van der Waals surface area (Å²) in [6.45, 7) is 3.54. The first-order chi connectivity index (χ1) is 9.83. The van der Waals surface area contributed by atoms with Crippen molar-refractivity contribution in [3.05, 3.63) is 52.3 Å². The van der Waals surface area contributed by atoms with Gasteiger partial charge in [0.15, 0.2) is 0 Å². The first-order valence-electron chi connectivity index (χ1n) is 6.00. The van der Waals surface area contributed by atoms with Crippen LogP contribution in [0.2, 0.25) is 5.02 Å². The Hall–Kier alpha value is -2.10. The fourth-order valence-corrected chi connectivity index (χ4v) is 3.18. The molecule has 1 aromatic heterocycles. The van der Waals surface area contributed by atoms with E-state index >= 15 is 0 Å². The van der Waals surface area contributed by atoms with Gasteiger partial charge in [-0.25, -0.2) is 8.42 Å². The van der Waals surface area contributed by atoms with Gasteiger partial charge >= 0.3 is 0 Å². The summed E-state index contributed by atoms with van der Waals surface area (Å²) >= 11 is 5.86. The Kier molecular flexibility index (Phi) is 4.16. The van der Waals surface area contributed by atoms with E-state index in [-0.39, 0.29) is 15.5 Å². The van der Waals surface area contributed by atoms with Gasteiger partial charge in [0.25, 0.3) is 10.0 Å². The van der Waals surface area contributed by atoms with Gasteiger partial charge in [-0.2, -0.15) is 5.26 Å². The number of aryl methyl sites for hydroxylation is 2. The summed E-state index contributed by atoms with van der Waals surface area (Å²) in [5, 5.41) is 8.90. The van der Waals surface area contributed by atoms with Gasteiger partial charge in [0.1, 0.15) is 6.07 Å². The van der Waals surface area contributed by atoms with Gasteiger partial charge < -0.3 is 0 Å². The fraction of sp³-hybridized carbons (Fsp3) is 0.143. The molecule has 0 unspecified atom stereocenters. The van der Waals surface area contributed by atoms with Crippen LogP contribution in [0.3, 0.4) is 0 Å². The number of benzene rings is 1. The Balaban J connectivity index is 2.39. The highest BCUT2D eigenvalue weighted by atomic mass is 35.5. The van der Waals surface area contributed by atoms with E-state index in [1.165, 1.54) is 18.2 Å². The van der Waals surface area contributed by atoms with Gasteiger partial charge in [-0.05, 0) is 44.2 Å². The summed E-state index contributed by atoms with van der Waals surface area (Å²) < 4.78 is 27.1. The molecule has 0 saturated heterocycles. The molecule has 108 valence electrons. The number of nitriles is 1. The number of hydrogen-bond acceptors (Lipinski definition) is 4. The Labute approximate surface area is 128 Å². The summed E-state index contributed by atoms with van der Waals surface area (Å²) in [6.07, 6.45) is 0. The zero-order valence-corrected chi connectivity index (χ0v) is 13.0. The van der Waals surface area contributed by atoms with E-state index in [2.05, 4.69) is 9.71 Å². The van der Waals surface area contributed by atoms with Crippen molar-refractivity contribution in [3.8, 4) is 6.07 Å². The predicted molar refractivity (Wildman–Crippen MR) is 80.7 cm³/mol.